The van der Waals surface area contributed by atoms with Crippen LogP contribution in [0, 0.1) is 19.7 Å². The highest BCUT2D eigenvalue weighted by Crippen LogP contribution is 2.26. The minimum atomic E-state index is -0.619. The average molecular weight is 473 g/mol. The molecule has 3 aromatic rings. The molecule has 3 amide bonds. The van der Waals surface area contributed by atoms with Crippen LogP contribution in [-0.2, 0) is 9.53 Å². The third-order valence-electron chi connectivity index (χ3n) is 5.04. The molecule has 4 rings (SSSR count). The van der Waals surface area contributed by atoms with Gasteiger partial charge in [0.2, 0.25) is 5.91 Å². The van der Waals surface area contributed by atoms with E-state index in [4.69, 9.17) is 4.74 Å². The number of benzene rings is 1. The second kappa shape index (κ2) is 8.98. The number of nitrogens with one attached hydrogen (secondary N) is 2. The van der Waals surface area contributed by atoms with Crippen LogP contribution in [0.4, 0.5) is 20.0 Å². The number of carbonyl (C=O) groups is 3. The van der Waals surface area contributed by atoms with Gasteiger partial charge in [0.05, 0.1) is 30.2 Å². The van der Waals surface area contributed by atoms with Crippen LogP contribution in [0.1, 0.15) is 28.0 Å². The topological polar surface area (TPSA) is 118 Å². The van der Waals surface area contributed by atoms with Crippen LogP contribution in [0.5, 0.6) is 0 Å². The lowest BCUT2D eigenvalue weighted by Crippen LogP contribution is -2.33. The van der Waals surface area contributed by atoms with Gasteiger partial charge in [-0.1, -0.05) is 0 Å². The fourth-order valence-corrected chi connectivity index (χ4v) is 4.04. The van der Waals surface area contributed by atoms with Crippen molar-refractivity contribution in [2.24, 2.45) is 0 Å². The largest absolute Gasteiger partial charge is 0.442 e. The van der Waals surface area contributed by atoms with E-state index in [1.807, 2.05) is 13.8 Å². The fourth-order valence-electron chi connectivity index (χ4n) is 3.23. The van der Waals surface area contributed by atoms with E-state index in [1.165, 1.54) is 52.4 Å². The van der Waals surface area contributed by atoms with Gasteiger partial charge in [0, 0.05) is 18.0 Å². The van der Waals surface area contributed by atoms with Gasteiger partial charge in [0.15, 0.2) is 5.13 Å². The van der Waals surface area contributed by atoms with E-state index in [-0.39, 0.29) is 30.4 Å². The average Bonchev–Trinajstić information content (AvgIpc) is 3.46. The van der Waals surface area contributed by atoms with E-state index in [0.29, 0.717) is 10.8 Å². The number of nitrogens with zero attached hydrogens (tertiary/aromatic N) is 4. The first kappa shape index (κ1) is 22.4. The highest BCUT2D eigenvalue weighted by Gasteiger charge is 2.32. The maximum absolute atomic E-state index is 14.9. The van der Waals surface area contributed by atoms with E-state index >= 15 is 0 Å². The minimum Gasteiger partial charge on any atom is -0.442 e. The van der Waals surface area contributed by atoms with Crippen LogP contribution in [0.3, 0.4) is 0 Å². The molecule has 2 N–H and O–H groups in total. The number of hydrogen-bond acceptors (Lipinski definition) is 7. The van der Waals surface area contributed by atoms with E-state index in [0.717, 1.165) is 10.6 Å². The summed E-state index contributed by atoms with van der Waals surface area (Å²) in [5.74, 6) is -1.30. The third-order valence-corrected chi connectivity index (χ3v) is 6.03. The molecule has 10 nitrogen and oxygen atoms in total. The van der Waals surface area contributed by atoms with Crippen molar-refractivity contribution in [3.63, 3.8) is 0 Å². The van der Waals surface area contributed by atoms with Crippen molar-refractivity contribution in [3.8, 4) is 5.69 Å². The van der Waals surface area contributed by atoms with E-state index in [1.54, 1.807) is 6.07 Å². The van der Waals surface area contributed by atoms with E-state index in [2.05, 4.69) is 20.6 Å². The molecular weight excluding hydrogens is 451 g/mol. The van der Waals surface area contributed by atoms with Gasteiger partial charge >= 0.3 is 6.09 Å². The van der Waals surface area contributed by atoms with Crippen molar-refractivity contribution in [2.45, 2.75) is 26.9 Å². The van der Waals surface area contributed by atoms with Gasteiger partial charge in [0.1, 0.15) is 23.9 Å². The highest BCUT2D eigenvalue weighted by molar-refractivity contribution is 7.15. The molecule has 1 aliphatic rings. The number of hydrogen-bond donors (Lipinski definition) is 2. The Balaban J connectivity index is 1.46. The van der Waals surface area contributed by atoms with Crippen LogP contribution in [-0.4, -0.2) is 51.6 Å². The number of halogens is 1. The molecule has 3 heterocycles. The Morgan fingerprint density at radius 2 is 2.12 bits per heavy atom. The van der Waals surface area contributed by atoms with Crippen LogP contribution >= 0.6 is 11.3 Å². The summed E-state index contributed by atoms with van der Waals surface area (Å²) in [6.45, 7) is 5.50. The molecule has 172 valence electrons. The Kier molecular flexibility index (Phi) is 6.09. The molecule has 1 fully saturated rings. The molecule has 0 bridgehead atoms. The number of ether oxygens (including phenoxy) is 1. The number of aryl methyl sites for hydroxylation is 2. The molecule has 1 saturated heterocycles. The van der Waals surface area contributed by atoms with Gasteiger partial charge in [-0.2, -0.15) is 0 Å². The first-order chi connectivity index (χ1) is 15.7. The van der Waals surface area contributed by atoms with Crippen molar-refractivity contribution >= 4 is 40.1 Å². The molecule has 0 aliphatic carbocycles. The Hall–Kier alpha value is -3.80. The smallest absolute Gasteiger partial charge is 0.414 e. The van der Waals surface area contributed by atoms with Crippen molar-refractivity contribution in [1.29, 1.82) is 0 Å². The Morgan fingerprint density at radius 1 is 1.33 bits per heavy atom. The number of carbonyl (C=O) groups excluding carboxylic acids is 3. The molecule has 12 heteroatoms. The van der Waals surface area contributed by atoms with E-state index in [9.17, 15) is 18.8 Å². The van der Waals surface area contributed by atoms with Gasteiger partial charge in [-0.05, 0) is 32.0 Å². The first-order valence-corrected chi connectivity index (χ1v) is 10.8. The molecule has 0 spiro atoms. The zero-order chi connectivity index (χ0) is 23.7. The summed E-state index contributed by atoms with van der Waals surface area (Å²) in [5.41, 5.74) is 1.42. The summed E-state index contributed by atoms with van der Waals surface area (Å²) in [6.07, 6.45) is 1.60. The molecule has 0 unspecified atom stereocenters. The summed E-state index contributed by atoms with van der Waals surface area (Å²) in [7, 11) is 0. The Morgan fingerprint density at radius 3 is 2.79 bits per heavy atom. The number of anilines is 2. The molecule has 1 atom stereocenters. The second-order valence-electron chi connectivity index (χ2n) is 7.47. The monoisotopic (exact) mass is 472 g/mol. The lowest BCUT2D eigenvalue weighted by Gasteiger charge is -2.14. The zero-order valence-electron chi connectivity index (χ0n) is 18.1. The highest BCUT2D eigenvalue weighted by atomic mass is 32.1. The lowest BCUT2D eigenvalue weighted by atomic mass is 10.2. The van der Waals surface area contributed by atoms with Gasteiger partial charge in [-0.25, -0.2) is 19.2 Å². The molecule has 1 aliphatic heterocycles. The van der Waals surface area contributed by atoms with Gasteiger partial charge in [-0.3, -0.25) is 19.8 Å². The van der Waals surface area contributed by atoms with Crippen molar-refractivity contribution < 1.29 is 23.5 Å². The second-order valence-corrected chi connectivity index (χ2v) is 8.67. The molecule has 0 radical (unpaired) electrons. The zero-order valence-corrected chi connectivity index (χ0v) is 18.9. The van der Waals surface area contributed by atoms with Crippen molar-refractivity contribution in [3.05, 3.63) is 52.8 Å². The Labute approximate surface area is 192 Å². The quantitative estimate of drug-likeness (QED) is 0.570. The van der Waals surface area contributed by atoms with E-state index < -0.39 is 23.9 Å². The number of aromatic nitrogens is 3. The summed E-state index contributed by atoms with van der Waals surface area (Å²) in [4.78, 5) is 46.3. The summed E-state index contributed by atoms with van der Waals surface area (Å²) in [5, 5.41) is 5.74. The van der Waals surface area contributed by atoms with Gasteiger partial charge in [0.25, 0.3) is 5.91 Å². The number of thiazole rings is 1. The predicted octanol–water partition coefficient (Wildman–Crippen LogP) is 2.80. The molecule has 0 saturated carbocycles. The maximum Gasteiger partial charge on any atom is 0.414 e. The molecular formula is C21H21FN6O4S. The third kappa shape index (κ3) is 4.85. The predicted molar refractivity (Wildman–Crippen MR) is 119 cm³/mol. The number of cyclic esters (lactones) is 1. The van der Waals surface area contributed by atoms with Crippen molar-refractivity contribution in [2.75, 3.05) is 23.3 Å². The summed E-state index contributed by atoms with van der Waals surface area (Å²) < 4.78 is 21.5. The van der Waals surface area contributed by atoms with Crippen LogP contribution in [0.15, 0.2) is 30.7 Å². The van der Waals surface area contributed by atoms with Crippen LogP contribution < -0.4 is 15.5 Å². The first-order valence-electron chi connectivity index (χ1n) is 10.0. The number of amides is 3. The minimum absolute atomic E-state index is 0.105. The Bertz CT molecular complexity index is 1220. The summed E-state index contributed by atoms with van der Waals surface area (Å²) in [6, 6.07) is 4.26. The van der Waals surface area contributed by atoms with Gasteiger partial charge in [-0.15, -0.1) is 11.3 Å². The lowest BCUT2D eigenvalue weighted by molar-refractivity contribution is -0.119. The normalized spacial score (nSPS) is 15.5. The molecule has 1 aromatic carbocycles. The molecule has 2 aromatic heterocycles. The van der Waals surface area contributed by atoms with Crippen molar-refractivity contribution in [1.82, 2.24) is 19.9 Å². The maximum atomic E-state index is 14.9. The molecule has 33 heavy (non-hydrogen) atoms. The van der Waals surface area contributed by atoms with Crippen LogP contribution in [0.25, 0.3) is 5.69 Å². The van der Waals surface area contributed by atoms with Crippen LogP contribution in [0.2, 0.25) is 0 Å². The van der Waals surface area contributed by atoms with Gasteiger partial charge < -0.3 is 14.6 Å². The summed E-state index contributed by atoms with van der Waals surface area (Å²) >= 11 is 1.36. The SMILES string of the molecule is CC(=O)NC[C@H]1CN(c2ccc(-n3cnc(C(=O)Nc4nc(C)c(C)s4)c3)c(F)c2)C(=O)O1. The standard InChI is InChI=1S/C21H21FN6O4S/c1-11-12(2)33-20(25-11)26-19(30)17-9-27(10-24-17)18-5-4-14(6-16(18)22)28-8-15(32-21(28)31)7-23-13(3)29/h4-6,9-10,15H,7-8H2,1-3H3,(H,23,29)(H,25,26,30)/t15-/m0/s1. The fraction of sp³-hybridized carbons (Fsp3) is 0.286. The number of imidazole rings is 1. The number of rotatable bonds is 6.